The summed E-state index contributed by atoms with van der Waals surface area (Å²) >= 11 is 0. The van der Waals surface area contributed by atoms with Crippen LogP contribution < -0.4 is 14.8 Å². The molecule has 0 saturated heterocycles. The Morgan fingerprint density at radius 1 is 1.03 bits per heavy atom. The predicted molar refractivity (Wildman–Crippen MR) is 116 cm³/mol. The number of ketones is 1. The first-order chi connectivity index (χ1) is 14.6. The van der Waals surface area contributed by atoms with Gasteiger partial charge in [0, 0.05) is 18.3 Å². The number of carbonyl (C=O) groups is 1. The third kappa shape index (κ3) is 3.99. The van der Waals surface area contributed by atoms with E-state index >= 15 is 0 Å². The molecule has 1 aromatic heterocycles. The smallest absolute Gasteiger partial charge is 0.227 e. The molecule has 2 aromatic carbocycles. The number of aryl methyl sites for hydroxylation is 1. The van der Waals surface area contributed by atoms with Crippen LogP contribution in [0.1, 0.15) is 46.4 Å². The summed E-state index contributed by atoms with van der Waals surface area (Å²) in [5, 5.41) is 3.24. The van der Waals surface area contributed by atoms with Crippen molar-refractivity contribution in [1.29, 1.82) is 0 Å². The summed E-state index contributed by atoms with van der Waals surface area (Å²) in [6, 6.07) is 14.0. The topological polar surface area (TPSA) is 73.3 Å². The highest BCUT2D eigenvalue weighted by atomic mass is 16.5. The van der Waals surface area contributed by atoms with E-state index in [0.717, 1.165) is 23.4 Å². The number of anilines is 2. The molecule has 0 fully saturated rings. The summed E-state index contributed by atoms with van der Waals surface area (Å²) in [4.78, 5) is 21.7. The fourth-order valence-corrected chi connectivity index (χ4v) is 3.80. The van der Waals surface area contributed by atoms with Crippen LogP contribution in [0.4, 0.5) is 11.6 Å². The molecule has 154 valence electrons. The minimum atomic E-state index is 0.0383. The van der Waals surface area contributed by atoms with E-state index in [1.54, 1.807) is 20.4 Å². The van der Waals surface area contributed by atoms with Crippen molar-refractivity contribution in [3.8, 4) is 11.5 Å². The zero-order valence-corrected chi connectivity index (χ0v) is 17.4. The number of fused-ring (bicyclic) bond motifs is 1. The van der Waals surface area contributed by atoms with Gasteiger partial charge in [0.2, 0.25) is 5.95 Å². The van der Waals surface area contributed by atoms with E-state index in [0.29, 0.717) is 35.9 Å². The molecule has 1 aliphatic carbocycles. The minimum Gasteiger partial charge on any atom is -0.493 e. The molecule has 3 aromatic rings. The van der Waals surface area contributed by atoms with Crippen molar-refractivity contribution in [3.63, 3.8) is 0 Å². The van der Waals surface area contributed by atoms with Gasteiger partial charge in [0.1, 0.15) is 0 Å². The van der Waals surface area contributed by atoms with Crippen LogP contribution in [0, 0.1) is 0 Å². The van der Waals surface area contributed by atoms with Gasteiger partial charge in [-0.15, -0.1) is 0 Å². The summed E-state index contributed by atoms with van der Waals surface area (Å²) in [5.74, 6) is 1.94. The van der Waals surface area contributed by atoms with Crippen molar-refractivity contribution in [1.82, 2.24) is 9.97 Å². The number of methoxy groups -OCH3 is 2. The monoisotopic (exact) mass is 403 g/mol. The zero-order chi connectivity index (χ0) is 21.1. The molecule has 1 atom stereocenters. The fourth-order valence-electron chi connectivity index (χ4n) is 3.80. The number of nitrogens with zero attached hydrogens (tertiary/aromatic N) is 2. The van der Waals surface area contributed by atoms with Crippen LogP contribution >= 0.6 is 0 Å². The maximum Gasteiger partial charge on any atom is 0.227 e. The van der Waals surface area contributed by atoms with Crippen molar-refractivity contribution in [2.45, 2.75) is 32.1 Å². The lowest BCUT2D eigenvalue weighted by Gasteiger charge is -2.24. The Morgan fingerprint density at radius 2 is 1.80 bits per heavy atom. The maximum absolute atomic E-state index is 12.7. The normalized spacial score (nSPS) is 15.4. The van der Waals surface area contributed by atoms with Crippen LogP contribution in [0.2, 0.25) is 0 Å². The number of nitrogens with one attached hydrogen (secondary N) is 1. The van der Waals surface area contributed by atoms with Crippen molar-refractivity contribution in [3.05, 3.63) is 71.0 Å². The van der Waals surface area contributed by atoms with E-state index in [1.807, 2.05) is 30.3 Å². The van der Waals surface area contributed by atoms with Crippen molar-refractivity contribution in [2.24, 2.45) is 0 Å². The van der Waals surface area contributed by atoms with Crippen LogP contribution in [-0.2, 0) is 12.8 Å². The van der Waals surface area contributed by atoms with Gasteiger partial charge >= 0.3 is 0 Å². The highest BCUT2D eigenvalue weighted by molar-refractivity contribution is 5.98. The summed E-state index contributed by atoms with van der Waals surface area (Å²) in [6.07, 6.45) is 3.73. The van der Waals surface area contributed by atoms with Gasteiger partial charge in [-0.2, -0.15) is 0 Å². The molecular formula is C24H25N3O3. The minimum absolute atomic E-state index is 0.0383. The Hall–Kier alpha value is -3.41. The van der Waals surface area contributed by atoms with Crippen molar-refractivity contribution in [2.75, 3.05) is 19.5 Å². The van der Waals surface area contributed by atoms with E-state index < -0.39 is 0 Å². The maximum atomic E-state index is 12.7. The molecule has 6 heteroatoms. The molecule has 0 saturated carbocycles. The summed E-state index contributed by atoms with van der Waals surface area (Å²) in [6.45, 7) is 2.13. The number of Topliss-reactive ketones (excluding diaryl/α,β-unsaturated/α-hetero) is 1. The number of benzene rings is 2. The average Bonchev–Trinajstić information content (AvgIpc) is 2.78. The first kappa shape index (κ1) is 19.9. The molecule has 4 rings (SSSR count). The third-order valence-electron chi connectivity index (χ3n) is 5.54. The second-order valence-corrected chi connectivity index (χ2v) is 7.37. The van der Waals surface area contributed by atoms with Gasteiger partial charge in [-0.1, -0.05) is 25.1 Å². The molecule has 1 heterocycles. The highest BCUT2D eigenvalue weighted by Gasteiger charge is 2.28. The summed E-state index contributed by atoms with van der Waals surface area (Å²) in [5.41, 5.74) is 4.61. The largest absolute Gasteiger partial charge is 0.493 e. The Labute approximate surface area is 176 Å². The van der Waals surface area contributed by atoms with Crippen LogP contribution in [0.5, 0.6) is 11.5 Å². The summed E-state index contributed by atoms with van der Waals surface area (Å²) in [7, 11) is 3.22. The van der Waals surface area contributed by atoms with Crippen molar-refractivity contribution >= 4 is 17.4 Å². The van der Waals surface area contributed by atoms with Crippen LogP contribution in [0.3, 0.4) is 0 Å². The molecular weight excluding hydrogens is 378 g/mol. The van der Waals surface area contributed by atoms with E-state index in [2.05, 4.69) is 34.3 Å². The number of hydrogen-bond acceptors (Lipinski definition) is 6. The van der Waals surface area contributed by atoms with E-state index in [9.17, 15) is 4.79 Å². The van der Waals surface area contributed by atoms with Gasteiger partial charge in [0.15, 0.2) is 17.3 Å². The Morgan fingerprint density at radius 3 is 2.50 bits per heavy atom. The number of aromatic nitrogens is 2. The van der Waals surface area contributed by atoms with Crippen LogP contribution in [0.15, 0.2) is 48.7 Å². The molecule has 1 N–H and O–H groups in total. The average molecular weight is 403 g/mol. The van der Waals surface area contributed by atoms with E-state index in [4.69, 9.17) is 9.47 Å². The number of hydrogen-bond donors (Lipinski definition) is 1. The molecule has 1 aliphatic rings. The molecule has 6 nitrogen and oxygen atoms in total. The summed E-state index contributed by atoms with van der Waals surface area (Å²) < 4.78 is 10.7. The van der Waals surface area contributed by atoms with Gasteiger partial charge in [-0.25, -0.2) is 9.97 Å². The van der Waals surface area contributed by atoms with E-state index in [-0.39, 0.29) is 11.7 Å². The zero-order valence-electron chi connectivity index (χ0n) is 17.4. The molecule has 0 aliphatic heterocycles. The van der Waals surface area contributed by atoms with Gasteiger partial charge in [0.05, 0.1) is 25.5 Å². The molecule has 1 unspecified atom stereocenters. The lowest BCUT2D eigenvalue weighted by atomic mass is 9.82. The quantitative estimate of drug-likeness (QED) is 0.642. The SMILES string of the molecule is CCc1ccc(Nc2ncc3c(n2)CC(c2ccc(OC)c(OC)c2)CC3=O)cc1. The molecule has 0 bridgehead atoms. The first-order valence-corrected chi connectivity index (χ1v) is 10.1. The lowest BCUT2D eigenvalue weighted by molar-refractivity contribution is 0.0962. The Bertz CT molecular complexity index is 1060. The molecule has 0 spiro atoms. The third-order valence-corrected chi connectivity index (χ3v) is 5.54. The molecule has 30 heavy (non-hydrogen) atoms. The Kier molecular flexibility index (Phi) is 5.65. The van der Waals surface area contributed by atoms with Gasteiger partial charge in [-0.05, 0) is 54.2 Å². The number of ether oxygens (including phenoxy) is 2. The standard InChI is InChI=1S/C24H25N3O3/c1-4-15-5-8-18(9-6-15)26-24-25-14-19-20(27-24)11-17(12-21(19)28)16-7-10-22(29-2)23(13-16)30-3/h5-10,13-14,17H,4,11-12H2,1-3H3,(H,25,26,27). The van der Waals surface area contributed by atoms with Crippen molar-refractivity contribution < 1.29 is 14.3 Å². The van der Waals surface area contributed by atoms with E-state index in [1.165, 1.54) is 5.56 Å². The number of rotatable bonds is 6. The Balaban J connectivity index is 1.58. The molecule has 0 radical (unpaired) electrons. The molecule has 0 amide bonds. The second kappa shape index (κ2) is 8.53. The second-order valence-electron chi connectivity index (χ2n) is 7.37. The van der Waals surface area contributed by atoms with Gasteiger partial charge < -0.3 is 14.8 Å². The van der Waals surface area contributed by atoms with Crippen LogP contribution in [0.25, 0.3) is 0 Å². The van der Waals surface area contributed by atoms with Gasteiger partial charge in [-0.3, -0.25) is 4.79 Å². The number of carbonyl (C=O) groups excluding carboxylic acids is 1. The lowest BCUT2D eigenvalue weighted by Crippen LogP contribution is -2.21. The predicted octanol–water partition coefficient (Wildman–Crippen LogP) is 4.71. The van der Waals surface area contributed by atoms with Gasteiger partial charge in [0.25, 0.3) is 0 Å². The highest BCUT2D eigenvalue weighted by Crippen LogP contribution is 2.36. The van der Waals surface area contributed by atoms with Crippen LogP contribution in [-0.4, -0.2) is 30.0 Å². The first-order valence-electron chi connectivity index (χ1n) is 10.1. The fraction of sp³-hybridized carbons (Fsp3) is 0.292.